The summed E-state index contributed by atoms with van der Waals surface area (Å²) in [6, 6.07) is 7.14. The molecule has 0 aliphatic carbocycles. The van der Waals surface area contributed by atoms with Crippen LogP contribution in [0.15, 0.2) is 30.3 Å². The van der Waals surface area contributed by atoms with Gasteiger partial charge in [0.25, 0.3) is 0 Å². The predicted octanol–water partition coefficient (Wildman–Crippen LogP) is 5.26. The summed E-state index contributed by atoms with van der Waals surface area (Å²) in [5.74, 6) is -0.831. The minimum atomic E-state index is -0.790. The van der Waals surface area contributed by atoms with Crippen LogP contribution in [0.5, 0.6) is 5.75 Å². The Hall–Kier alpha value is -1.32. The summed E-state index contributed by atoms with van der Waals surface area (Å²) in [5.41, 5.74) is 1.11. The van der Waals surface area contributed by atoms with Gasteiger partial charge >= 0.3 is 0 Å². The maximum atomic E-state index is 13.9. The van der Waals surface area contributed by atoms with Gasteiger partial charge in [-0.3, -0.25) is 0 Å². The Balaban J connectivity index is 2.51. The molecule has 0 N–H and O–H groups in total. The lowest BCUT2D eigenvalue weighted by Crippen LogP contribution is -2.02. The molecule has 0 aliphatic heterocycles. The van der Waals surface area contributed by atoms with Gasteiger partial charge in [-0.1, -0.05) is 17.7 Å². The van der Waals surface area contributed by atoms with Gasteiger partial charge in [-0.25, -0.2) is 8.78 Å². The number of hydrogen-bond acceptors (Lipinski definition) is 1. The van der Waals surface area contributed by atoms with E-state index < -0.39 is 17.0 Å². The van der Waals surface area contributed by atoms with Crippen LogP contribution in [0, 0.1) is 18.6 Å². The van der Waals surface area contributed by atoms with Crippen LogP contribution in [0.25, 0.3) is 0 Å². The van der Waals surface area contributed by atoms with Crippen LogP contribution in [0.1, 0.15) is 22.1 Å². The third-order valence-electron chi connectivity index (χ3n) is 3.02. The number of methoxy groups -OCH3 is 1. The molecule has 5 heteroatoms. The molecule has 106 valence electrons. The zero-order valence-electron chi connectivity index (χ0n) is 10.9. The molecule has 2 rings (SSSR count). The molecule has 0 fully saturated rings. The fourth-order valence-electron chi connectivity index (χ4n) is 1.94. The van der Waals surface area contributed by atoms with E-state index in [2.05, 4.69) is 0 Å². The van der Waals surface area contributed by atoms with E-state index in [9.17, 15) is 8.78 Å². The van der Waals surface area contributed by atoms with Crippen molar-refractivity contribution >= 4 is 23.2 Å². The maximum absolute atomic E-state index is 13.9. The molecule has 1 atom stereocenters. The molecule has 0 radical (unpaired) electrons. The second kappa shape index (κ2) is 5.98. The van der Waals surface area contributed by atoms with Crippen LogP contribution in [-0.4, -0.2) is 7.11 Å². The van der Waals surface area contributed by atoms with E-state index in [0.717, 1.165) is 6.07 Å². The standard InChI is InChI=1S/C15H12Cl2F2O/c1-8-5-11(13(19)7-12(8)18)15(17)10-4-3-9(16)6-14(10)20-2/h3-7,15H,1-2H3. The average molecular weight is 317 g/mol. The van der Waals surface area contributed by atoms with Crippen LogP contribution in [-0.2, 0) is 0 Å². The monoisotopic (exact) mass is 316 g/mol. The molecule has 0 spiro atoms. The van der Waals surface area contributed by atoms with E-state index in [1.165, 1.54) is 13.2 Å². The second-order valence-corrected chi connectivity index (χ2v) is 5.24. The van der Waals surface area contributed by atoms with Crippen molar-refractivity contribution < 1.29 is 13.5 Å². The van der Waals surface area contributed by atoms with Crippen LogP contribution >= 0.6 is 23.2 Å². The zero-order valence-corrected chi connectivity index (χ0v) is 12.4. The molecule has 1 unspecified atom stereocenters. The van der Waals surface area contributed by atoms with Crippen molar-refractivity contribution in [1.82, 2.24) is 0 Å². The molecule has 0 aromatic heterocycles. The summed E-state index contributed by atoms with van der Waals surface area (Å²) in [4.78, 5) is 0. The summed E-state index contributed by atoms with van der Waals surface area (Å²) in [7, 11) is 1.48. The normalized spacial score (nSPS) is 12.3. The van der Waals surface area contributed by atoms with E-state index in [1.54, 1.807) is 25.1 Å². The molecule has 0 saturated heterocycles. The molecule has 0 saturated carbocycles. The highest BCUT2D eigenvalue weighted by Crippen LogP contribution is 2.38. The maximum Gasteiger partial charge on any atom is 0.131 e. The SMILES string of the molecule is COc1cc(Cl)ccc1C(Cl)c1cc(C)c(F)cc1F. The van der Waals surface area contributed by atoms with Crippen LogP contribution in [0.3, 0.4) is 0 Å². The number of alkyl halides is 1. The Morgan fingerprint density at radius 2 is 1.75 bits per heavy atom. The highest BCUT2D eigenvalue weighted by molar-refractivity contribution is 6.30. The van der Waals surface area contributed by atoms with Crippen molar-refractivity contribution in [3.05, 3.63) is 63.7 Å². The fourth-order valence-corrected chi connectivity index (χ4v) is 2.45. The molecule has 2 aromatic carbocycles. The Kier molecular flexibility index (Phi) is 4.51. The first kappa shape index (κ1) is 15.1. The van der Waals surface area contributed by atoms with Crippen molar-refractivity contribution in [1.29, 1.82) is 0 Å². The predicted molar refractivity (Wildman–Crippen MR) is 76.8 cm³/mol. The summed E-state index contributed by atoms with van der Waals surface area (Å²) in [6.07, 6.45) is 0. The quantitative estimate of drug-likeness (QED) is 0.701. The molecule has 0 amide bonds. The van der Waals surface area contributed by atoms with Gasteiger partial charge in [0.1, 0.15) is 17.4 Å². The first-order valence-corrected chi connectivity index (χ1v) is 6.68. The summed E-state index contributed by atoms with van der Waals surface area (Å²) in [5, 5.41) is -0.299. The molecular formula is C15H12Cl2F2O. The average Bonchev–Trinajstić information content (AvgIpc) is 2.42. The van der Waals surface area contributed by atoms with E-state index >= 15 is 0 Å². The summed E-state index contributed by atoms with van der Waals surface area (Å²) in [6.45, 7) is 1.56. The molecule has 0 heterocycles. The highest BCUT2D eigenvalue weighted by atomic mass is 35.5. The van der Waals surface area contributed by atoms with Crippen molar-refractivity contribution in [2.24, 2.45) is 0 Å². The molecule has 0 aliphatic rings. The third-order valence-corrected chi connectivity index (χ3v) is 3.72. The number of hydrogen-bond donors (Lipinski definition) is 0. The van der Waals surface area contributed by atoms with Gasteiger partial charge in [0.2, 0.25) is 0 Å². The van der Waals surface area contributed by atoms with Crippen LogP contribution in [0.2, 0.25) is 5.02 Å². The Bertz CT molecular complexity index is 644. The smallest absolute Gasteiger partial charge is 0.131 e. The van der Waals surface area contributed by atoms with Gasteiger partial charge in [0, 0.05) is 22.2 Å². The minimum Gasteiger partial charge on any atom is -0.496 e. The summed E-state index contributed by atoms with van der Waals surface area (Å²) < 4.78 is 32.4. The zero-order chi connectivity index (χ0) is 14.9. The van der Waals surface area contributed by atoms with Crippen molar-refractivity contribution in [2.45, 2.75) is 12.3 Å². The largest absolute Gasteiger partial charge is 0.496 e. The number of rotatable bonds is 3. The van der Waals surface area contributed by atoms with Crippen molar-refractivity contribution in [3.8, 4) is 5.75 Å². The molecule has 0 bridgehead atoms. The molecule has 2 aromatic rings. The number of halogens is 4. The molecule has 1 nitrogen and oxygen atoms in total. The fraction of sp³-hybridized carbons (Fsp3) is 0.200. The third kappa shape index (κ3) is 2.89. The number of benzene rings is 2. The van der Waals surface area contributed by atoms with Gasteiger partial charge < -0.3 is 4.74 Å². The van der Waals surface area contributed by atoms with Crippen molar-refractivity contribution in [2.75, 3.05) is 7.11 Å². The van der Waals surface area contributed by atoms with Crippen LogP contribution in [0.4, 0.5) is 8.78 Å². The first-order chi connectivity index (χ1) is 9.43. The molecular weight excluding hydrogens is 305 g/mol. The Labute approximate surface area is 126 Å². The van der Waals surface area contributed by atoms with Crippen molar-refractivity contribution in [3.63, 3.8) is 0 Å². The minimum absolute atomic E-state index is 0.200. The Morgan fingerprint density at radius 1 is 1.05 bits per heavy atom. The van der Waals surface area contributed by atoms with Crippen LogP contribution < -0.4 is 4.74 Å². The first-order valence-electron chi connectivity index (χ1n) is 5.87. The van der Waals surface area contributed by atoms with E-state index in [0.29, 0.717) is 21.9 Å². The van der Waals surface area contributed by atoms with E-state index in [1.807, 2.05) is 0 Å². The van der Waals surface area contributed by atoms with Gasteiger partial charge in [-0.05, 0) is 30.7 Å². The highest BCUT2D eigenvalue weighted by Gasteiger charge is 2.20. The summed E-state index contributed by atoms with van der Waals surface area (Å²) >= 11 is 12.2. The lowest BCUT2D eigenvalue weighted by Gasteiger charge is -2.16. The topological polar surface area (TPSA) is 9.23 Å². The van der Waals surface area contributed by atoms with Gasteiger partial charge in [0.05, 0.1) is 12.5 Å². The number of aryl methyl sites for hydroxylation is 1. The lowest BCUT2D eigenvalue weighted by molar-refractivity contribution is 0.410. The van der Waals surface area contributed by atoms with E-state index in [4.69, 9.17) is 27.9 Å². The molecule has 20 heavy (non-hydrogen) atoms. The second-order valence-electron chi connectivity index (χ2n) is 4.37. The van der Waals surface area contributed by atoms with E-state index in [-0.39, 0.29) is 5.56 Å². The van der Waals surface area contributed by atoms with Gasteiger partial charge in [-0.15, -0.1) is 11.6 Å². The lowest BCUT2D eigenvalue weighted by atomic mass is 10.0. The number of ether oxygens (including phenoxy) is 1. The van der Waals surface area contributed by atoms with Gasteiger partial charge in [-0.2, -0.15) is 0 Å². The Morgan fingerprint density at radius 3 is 2.40 bits per heavy atom. The van der Waals surface area contributed by atoms with Gasteiger partial charge in [0.15, 0.2) is 0 Å².